The Morgan fingerprint density at radius 2 is 1.70 bits per heavy atom. The summed E-state index contributed by atoms with van der Waals surface area (Å²) >= 11 is 0. The van der Waals surface area contributed by atoms with Crippen molar-refractivity contribution in [2.24, 2.45) is 0 Å². The minimum absolute atomic E-state index is 0.0225. The van der Waals surface area contributed by atoms with Crippen LogP contribution in [0.2, 0.25) is 0 Å². The normalized spacial score (nSPS) is 12.0. The molecule has 0 aromatic heterocycles. The zero-order valence-electron chi connectivity index (χ0n) is 18.5. The minimum atomic E-state index is -3.86. The van der Waals surface area contributed by atoms with Crippen LogP contribution in [0.15, 0.2) is 71.6 Å². The van der Waals surface area contributed by atoms with Crippen molar-refractivity contribution in [1.82, 2.24) is 5.32 Å². The number of carbonyl (C=O) groups is 1. The second-order valence-electron chi connectivity index (χ2n) is 7.39. The number of anilines is 1. The van der Waals surface area contributed by atoms with Crippen LogP contribution in [0.3, 0.4) is 0 Å². The predicted molar refractivity (Wildman–Crippen MR) is 123 cm³/mol. The van der Waals surface area contributed by atoms with E-state index in [-0.39, 0.29) is 29.1 Å². The number of carbonyl (C=O) groups excluding carboxylic acids is 1. The van der Waals surface area contributed by atoms with Gasteiger partial charge in [0.25, 0.3) is 15.9 Å². The fourth-order valence-electron chi connectivity index (χ4n) is 3.09. The van der Waals surface area contributed by atoms with Crippen LogP contribution in [-0.4, -0.2) is 28.0 Å². The third-order valence-corrected chi connectivity index (χ3v) is 6.28. The van der Waals surface area contributed by atoms with Gasteiger partial charge in [-0.1, -0.05) is 12.1 Å². The topological polar surface area (TPSA) is 93.7 Å². The highest BCUT2D eigenvalue weighted by molar-refractivity contribution is 7.92. The van der Waals surface area contributed by atoms with Crippen molar-refractivity contribution in [3.63, 3.8) is 0 Å². The summed E-state index contributed by atoms with van der Waals surface area (Å²) in [4.78, 5) is 12.3. The lowest BCUT2D eigenvalue weighted by Gasteiger charge is -2.16. The van der Waals surface area contributed by atoms with Crippen molar-refractivity contribution < 1.29 is 27.1 Å². The number of hydrogen-bond donors (Lipinski definition) is 2. The molecule has 0 saturated heterocycles. The van der Waals surface area contributed by atoms with Gasteiger partial charge in [-0.15, -0.1) is 0 Å². The molecule has 3 aromatic carbocycles. The molecule has 0 spiro atoms. The summed E-state index contributed by atoms with van der Waals surface area (Å²) in [5, 5.41) is 2.85. The zero-order valence-corrected chi connectivity index (χ0v) is 19.3. The first-order chi connectivity index (χ1) is 15.7. The standard InChI is InChI=1S/C24H25FN2O5S/c1-16-14-22(33(29,30)27-20-8-6-19(25)7-9-20)12-13-23(16)32-15-24(28)26-17(2)18-4-10-21(31-3)11-5-18/h4-14,17,27H,15H2,1-3H3,(H,26,28). The molecule has 0 aliphatic rings. The fourth-order valence-corrected chi connectivity index (χ4v) is 4.23. The van der Waals surface area contributed by atoms with Crippen LogP contribution in [0.25, 0.3) is 0 Å². The summed E-state index contributed by atoms with van der Waals surface area (Å²) in [6, 6.07) is 16.5. The smallest absolute Gasteiger partial charge is 0.261 e. The lowest BCUT2D eigenvalue weighted by molar-refractivity contribution is -0.123. The number of amides is 1. The molecule has 7 nitrogen and oxygen atoms in total. The Morgan fingerprint density at radius 1 is 1.03 bits per heavy atom. The second-order valence-corrected chi connectivity index (χ2v) is 9.07. The third-order valence-electron chi connectivity index (χ3n) is 4.91. The van der Waals surface area contributed by atoms with Crippen molar-refractivity contribution in [3.05, 3.63) is 83.7 Å². The molecule has 0 heterocycles. The number of benzene rings is 3. The van der Waals surface area contributed by atoms with E-state index in [9.17, 15) is 17.6 Å². The maximum absolute atomic E-state index is 13.0. The molecule has 3 rings (SSSR count). The highest BCUT2D eigenvalue weighted by Gasteiger charge is 2.17. The molecule has 0 radical (unpaired) electrons. The quantitative estimate of drug-likeness (QED) is 0.487. The third kappa shape index (κ3) is 6.45. The number of hydrogen-bond acceptors (Lipinski definition) is 5. The van der Waals surface area contributed by atoms with Crippen LogP contribution < -0.4 is 19.5 Å². The number of halogens is 1. The lowest BCUT2D eigenvalue weighted by atomic mass is 10.1. The van der Waals surface area contributed by atoms with Gasteiger partial charge >= 0.3 is 0 Å². The molecule has 2 N–H and O–H groups in total. The Labute approximate surface area is 192 Å². The molecule has 1 amide bonds. The predicted octanol–water partition coefficient (Wildman–Crippen LogP) is 4.20. The molecular weight excluding hydrogens is 447 g/mol. The molecule has 33 heavy (non-hydrogen) atoms. The second kappa shape index (κ2) is 10.4. The zero-order chi connectivity index (χ0) is 24.0. The Bertz CT molecular complexity index is 1210. The first-order valence-electron chi connectivity index (χ1n) is 10.1. The Kier molecular flexibility index (Phi) is 7.55. The molecule has 1 unspecified atom stereocenters. The van der Waals surface area contributed by atoms with Gasteiger partial charge in [0.1, 0.15) is 17.3 Å². The van der Waals surface area contributed by atoms with Crippen LogP contribution in [-0.2, 0) is 14.8 Å². The van der Waals surface area contributed by atoms with Gasteiger partial charge in [-0.25, -0.2) is 12.8 Å². The molecule has 0 saturated carbocycles. The molecule has 0 aliphatic carbocycles. The summed E-state index contributed by atoms with van der Waals surface area (Å²) in [7, 11) is -2.28. The summed E-state index contributed by atoms with van der Waals surface area (Å²) < 4.78 is 51.3. The van der Waals surface area contributed by atoms with Crippen LogP contribution in [0.4, 0.5) is 10.1 Å². The molecule has 3 aromatic rings. The van der Waals surface area contributed by atoms with Gasteiger partial charge in [0, 0.05) is 5.69 Å². The van der Waals surface area contributed by atoms with Gasteiger partial charge in [0.15, 0.2) is 6.61 Å². The van der Waals surface area contributed by atoms with Crippen molar-refractivity contribution in [2.45, 2.75) is 24.8 Å². The van der Waals surface area contributed by atoms with Gasteiger partial charge in [0.2, 0.25) is 0 Å². The summed E-state index contributed by atoms with van der Waals surface area (Å²) in [5.41, 5.74) is 1.72. The summed E-state index contributed by atoms with van der Waals surface area (Å²) in [5.74, 6) is 0.350. The number of nitrogens with one attached hydrogen (secondary N) is 2. The highest BCUT2D eigenvalue weighted by Crippen LogP contribution is 2.24. The van der Waals surface area contributed by atoms with Crippen molar-refractivity contribution in [3.8, 4) is 11.5 Å². The van der Waals surface area contributed by atoms with Crippen molar-refractivity contribution >= 4 is 21.6 Å². The van der Waals surface area contributed by atoms with E-state index in [0.29, 0.717) is 11.3 Å². The number of aryl methyl sites for hydroxylation is 1. The Balaban J connectivity index is 1.59. The van der Waals surface area contributed by atoms with Gasteiger partial charge in [0.05, 0.1) is 18.0 Å². The van der Waals surface area contributed by atoms with E-state index < -0.39 is 15.8 Å². The van der Waals surface area contributed by atoms with E-state index in [4.69, 9.17) is 9.47 Å². The van der Waals surface area contributed by atoms with E-state index in [1.54, 1.807) is 14.0 Å². The van der Waals surface area contributed by atoms with E-state index in [0.717, 1.165) is 11.3 Å². The van der Waals surface area contributed by atoms with Crippen molar-refractivity contribution in [2.75, 3.05) is 18.4 Å². The molecule has 174 valence electrons. The molecule has 0 aliphatic heterocycles. The maximum atomic E-state index is 13.0. The van der Waals surface area contributed by atoms with Crippen LogP contribution in [0, 0.1) is 12.7 Å². The number of methoxy groups -OCH3 is 1. The van der Waals surface area contributed by atoms with Crippen LogP contribution in [0.1, 0.15) is 24.1 Å². The first kappa shape index (κ1) is 24.1. The molecule has 1 atom stereocenters. The van der Waals surface area contributed by atoms with E-state index in [1.807, 2.05) is 31.2 Å². The summed E-state index contributed by atoms with van der Waals surface area (Å²) in [6.07, 6.45) is 0. The van der Waals surface area contributed by atoms with Gasteiger partial charge < -0.3 is 14.8 Å². The van der Waals surface area contributed by atoms with Crippen LogP contribution >= 0.6 is 0 Å². The SMILES string of the molecule is COc1ccc(C(C)NC(=O)COc2ccc(S(=O)(=O)Nc3ccc(F)cc3)cc2C)cc1. The van der Waals surface area contributed by atoms with Gasteiger partial charge in [-0.3, -0.25) is 9.52 Å². The molecular formula is C24H25FN2O5S. The fraction of sp³-hybridized carbons (Fsp3) is 0.208. The minimum Gasteiger partial charge on any atom is -0.497 e. The molecule has 9 heteroatoms. The number of sulfonamides is 1. The first-order valence-corrected chi connectivity index (χ1v) is 11.6. The summed E-state index contributed by atoms with van der Waals surface area (Å²) in [6.45, 7) is 3.32. The Hall–Kier alpha value is -3.59. The van der Waals surface area contributed by atoms with E-state index in [1.165, 1.54) is 42.5 Å². The highest BCUT2D eigenvalue weighted by atomic mass is 32.2. The number of ether oxygens (including phenoxy) is 2. The average molecular weight is 473 g/mol. The van der Waals surface area contributed by atoms with Crippen molar-refractivity contribution in [1.29, 1.82) is 0 Å². The number of rotatable bonds is 9. The van der Waals surface area contributed by atoms with Crippen LogP contribution in [0.5, 0.6) is 11.5 Å². The van der Waals surface area contributed by atoms with E-state index >= 15 is 0 Å². The largest absolute Gasteiger partial charge is 0.497 e. The maximum Gasteiger partial charge on any atom is 0.261 e. The lowest BCUT2D eigenvalue weighted by Crippen LogP contribution is -2.31. The Morgan fingerprint density at radius 3 is 2.30 bits per heavy atom. The average Bonchev–Trinajstić information content (AvgIpc) is 2.79. The van der Waals surface area contributed by atoms with Gasteiger partial charge in [-0.05, 0) is 79.6 Å². The monoisotopic (exact) mass is 472 g/mol. The molecule has 0 bridgehead atoms. The van der Waals surface area contributed by atoms with E-state index in [2.05, 4.69) is 10.0 Å². The van der Waals surface area contributed by atoms with Gasteiger partial charge in [-0.2, -0.15) is 0 Å². The molecule has 0 fully saturated rings.